The van der Waals surface area contributed by atoms with Crippen molar-refractivity contribution >= 4 is 22.5 Å². The second-order valence-electron chi connectivity index (χ2n) is 5.89. The maximum absolute atomic E-state index is 12.3. The van der Waals surface area contributed by atoms with Gasteiger partial charge in [0, 0.05) is 51.1 Å². The number of piperazine rings is 1. The number of hydrogen-bond donors (Lipinski definition) is 1. The molecule has 0 radical (unpaired) electrons. The third-order valence-electron chi connectivity index (χ3n) is 4.28. The monoisotopic (exact) mass is 349 g/mol. The Morgan fingerprint density at radius 1 is 1.29 bits per heavy atom. The molecular weight excluding hydrogens is 326 g/mol. The number of amides is 2. The number of nitrogens with one attached hydrogen (secondary N) is 1. The Morgan fingerprint density at radius 2 is 2.04 bits per heavy atom. The van der Waals surface area contributed by atoms with Gasteiger partial charge in [-0.3, -0.25) is 4.68 Å². The van der Waals surface area contributed by atoms with Gasteiger partial charge in [-0.25, -0.2) is 14.8 Å². The quantitative estimate of drug-likeness (QED) is 0.889. The number of urea groups is 1. The highest BCUT2D eigenvalue weighted by Crippen LogP contribution is 2.25. The molecule has 0 saturated carbocycles. The number of rotatable bonds is 4. The molecule has 0 bridgehead atoms. The lowest BCUT2D eigenvalue weighted by Crippen LogP contribution is -2.52. The Hall–Kier alpha value is -2.16. The molecule has 0 unspecified atom stereocenters. The van der Waals surface area contributed by atoms with Crippen LogP contribution >= 0.6 is 11.3 Å². The molecule has 24 heavy (non-hydrogen) atoms. The second-order valence-corrected chi connectivity index (χ2v) is 7.08. The van der Waals surface area contributed by atoms with Crippen LogP contribution in [0.2, 0.25) is 0 Å². The summed E-state index contributed by atoms with van der Waals surface area (Å²) in [6.07, 6.45) is 2.21. The Balaban J connectivity index is 1.44. The summed E-state index contributed by atoms with van der Waals surface area (Å²) >= 11 is 1.72. The van der Waals surface area contributed by atoms with Gasteiger partial charge < -0.3 is 15.1 Å². The fourth-order valence-electron chi connectivity index (χ4n) is 2.63. The van der Waals surface area contributed by atoms with Gasteiger partial charge >= 0.3 is 6.03 Å². The van der Waals surface area contributed by atoms with E-state index in [0.717, 1.165) is 29.7 Å². The first-order valence-electron chi connectivity index (χ1n) is 8.09. The van der Waals surface area contributed by atoms with E-state index in [1.165, 1.54) is 11.2 Å². The zero-order valence-electron chi connectivity index (χ0n) is 14.3. The Morgan fingerprint density at radius 3 is 2.62 bits per heavy atom. The minimum Gasteiger partial charge on any atom is -0.345 e. The van der Waals surface area contributed by atoms with E-state index < -0.39 is 0 Å². The fraction of sp³-hybridized carbons (Fsp3) is 0.600. The van der Waals surface area contributed by atoms with E-state index in [1.807, 2.05) is 18.9 Å². The molecule has 0 atom stereocenters. The zero-order valence-corrected chi connectivity index (χ0v) is 15.1. The van der Waals surface area contributed by atoms with E-state index in [9.17, 15) is 4.79 Å². The summed E-state index contributed by atoms with van der Waals surface area (Å²) in [5.74, 6) is 0.870. The first-order chi connectivity index (χ1) is 11.5. The Kier molecular flexibility index (Phi) is 4.98. The van der Waals surface area contributed by atoms with Gasteiger partial charge in [0.05, 0.1) is 5.69 Å². The third kappa shape index (κ3) is 3.66. The summed E-state index contributed by atoms with van der Waals surface area (Å²) in [5.41, 5.74) is 1.10. The van der Waals surface area contributed by atoms with Gasteiger partial charge in [-0.2, -0.15) is 5.10 Å². The van der Waals surface area contributed by atoms with Crippen LogP contribution in [0.15, 0.2) is 6.33 Å². The molecule has 1 aliphatic heterocycles. The van der Waals surface area contributed by atoms with E-state index in [4.69, 9.17) is 0 Å². The SMILES string of the molecule is Cc1nc(N2CCN(C(=O)NCCc3ncnn3C)CC2)sc1C. The molecular formula is C15H23N7OS. The van der Waals surface area contributed by atoms with E-state index >= 15 is 0 Å². The highest BCUT2D eigenvalue weighted by Gasteiger charge is 2.23. The number of hydrogen-bond acceptors (Lipinski definition) is 6. The minimum atomic E-state index is -0.0108. The summed E-state index contributed by atoms with van der Waals surface area (Å²) in [4.78, 5) is 26.4. The number of nitrogens with zero attached hydrogens (tertiary/aromatic N) is 6. The summed E-state index contributed by atoms with van der Waals surface area (Å²) < 4.78 is 1.73. The minimum absolute atomic E-state index is 0.0108. The molecule has 0 spiro atoms. The molecule has 2 aromatic heterocycles. The number of aryl methyl sites for hydroxylation is 3. The summed E-state index contributed by atoms with van der Waals surface area (Å²) in [7, 11) is 1.85. The molecule has 9 heteroatoms. The smallest absolute Gasteiger partial charge is 0.317 e. The van der Waals surface area contributed by atoms with Crippen molar-refractivity contribution in [1.29, 1.82) is 0 Å². The van der Waals surface area contributed by atoms with Crippen molar-refractivity contribution in [3.63, 3.8) is 0 Å². The second kappa shape index (κ2) is 7.16. The number of aromatic nitrogens is 4. The summed E-state index contributed by atoms with van der Waals surface area (Å²) in [6, 6.07) is -0.0108. The molecule has 130 valence electrons. The normalized spacial score (nSPS) is 15.0. The number of anilines is 1. The van der Waals surface area contributed by atoms with Crippen molar-refractivity contribution in [2.75, 3.05) is 37.6 Å². The van der Waals surface area contributed by atoms with Crippen molar-refractivity contribution in [3.8, 4) is 0 Å². The molecule has 2 aromatic rings. The fourth-order valence-corrected chi connectivity index (χ4v) is 3.59. The van der Waals surface area contributed by atoms with Crippen molar-refractivity contribution in [3.05, 3.63) is 22.7 Å². The van der Waals surface area contributed by atoms with Gasteiger partial charge in [-0.15, -0.1) is 11.3 Å². The molecule has 0 aromatic carbocycles. The first kappa shape index (κ1) is 16.7. The van der Waals surface area contributed by atoms with Gasteiger partial charge in [0.25, 0.3) is 0 Å². The van der Waals surface area contributed by atoms with Crippen LogP contribution in [-0.4, -0.2) is 63.4 Å². The molecule has 2 amide bonds. The molecule has 1 fully saturated rings. The highest BCUT2D eigenvalue weighted by molar-refractivity contribution is 7.15. The first-order valence-corrected chi connectivity index (χ1v) is 8.91. The van der Waals surface area contributed by atoms with Crippen LogP contribution in [0.5, 0.6) is 0 Å². The molecule has 3 heterocycles. The van der Waals surface area contributed by atoms with Crippen LogP contribution in [0.4, 0.5) is 9.93 Å². The van der Waals surface area contributed by atoms with Crippen molar-refractivity contribution in [1.82, 2.24) is 30.0 Å². The Bertz CT molecular complexity index is 683. The molecule has 1 N–H and O–H groups in total. The van der Waals surface area contributed by atoms with E-state index in [2.05, 4.69) is 32.2 Å². The van der Waals surface area contributed by atoms with Crippen LogP contribution in [-0.2, 0) is 13.5 Å². The topological polar surface area (TPSA) is 79.2 Å². The average molecular weight is 349 g/mol. The molecule has 8 nitrogen and oxygen atoms in total. The van der Waals surface area contributed by atoms with E-state index in [1.54, 1.807) is 16.0 Å². The van der Waals surface area contributed by atoms with Crippen LogP contribution in [0.3, 0.4) is 0 Å². The Labute approximate surface area is 145 Å². The van der Waals surface area contributed by atoms with Gasteiger partial charge in [0.2, 0.25) is 0 Å². The lowest BCUT2D eigenvalue weighted by atomic mass is 10.3. The number of carbonyl (C=O) groups is 1. The maximum Gasteiger partial charge on any atom is 0.317 e. The zero-order chi connectivity index (χ0) is 17.1. The van der Waals surface area contributed by atoms with Crippen LogP contribution < -0.4 is 10.2 Å². The highest BCUT2D eigenvalue weighted by atomic mass is 32.1. The number of thiazole rings is 1. The van der Waals surface area contributed by atoms with E-state index in [0.29, 0.717) is 26.1 Å². The van der Waals surface area contributed by atoms with Crippen LogP contribution in [0.1, 0.15) is 16.4 Å². The van der Waals surface area contributed by atoms with Gasteiger partial charge in [-0.1, -0.05) is 0 Å². The van der Waals surface area contributed by atoms with E-state index in [-0.39, 0.29) is 6.03 Å². The standard InChI is InChI=1S/C15H23N7OS/c1-11-12(2)24-15(19-11)22-8-6-21(7-9-22)14(23)16-5-4-13-17-10-18-20(13)3/h10H,4-9H2,1-3H3,(H,16,23). The van der Waals surface area contributed by atoms with Gasteiger partial charge in [0.1, 0.15) is 12.2 Å². The average Bonchev–Trinajstić information content (AvgIpc) is 3.13. The largest absolute Gasteiger partial charge is 0.345 e. The molecule has 1 saturated heterocycles. The lowest BCUT2D eigenvalue weighted by Gasteiger charge is -2.34. The van der Waals surface area contributed by atoms with Crippen LogP contribution in [0, 0.1) is 13.8 Å². The molecule has 1 aliphatic rings. The molecule has 3 rings (SSSR count). The maximum atomic E-state index is 12.3. The predicted molar refractivity (Wildman–Crippen MR) is 93.5 cm³/mol. The third-order valence-corrected chi connectivity index (χ3v) is 5.42. The van der Waals surface area contributed by atoms with Crippen molar-refractivity contribution in [2.24, 2.45) is 7.05 Å². The predicted octanol–water partition coefficient (Wildman–Crippen LogP) is 0.963. The van der Waals surface area contributed by atoms with Crippen molar-refractivity contribution in [2.45, 2.75) is 20.3 Å². The van der Waals surface area contributed by atoms with Gasteiger partial charge in [-0.05, 0) is 13.8 Å². The van der Waals surface area contributed by atoms with Crippen molar-refractivity contribution < 1.29 is 4.79 Å². The molecule has 0 aliphatic carbocycles. The number of carbonyl (C=O) groups excluding carboxylic acids is 1. The van der Waals surface area contributed by atoms with Crippen LogP contribution in [0.25, 0.3) is 0 Å². The lowest BCUT2D eigenvalue weighted by molar-refractivity contribution is 0.194. The van der Waals surface area contributed by atoms with Gasteiger partial charge in [0.15, 0.2) is 5.13 Å². The summed E-state index contributed by atoms with van der Waals surface area (Å²) in [6.45, 7) is 7.77. The summed E-state index contributed by atoms with van der Waals surface area (Å²) in [5, 5.41) is 8.04.